The number of hydrogen-bond donors (Lipinski definition) is 0. The maximum Gasteiger partial charge on any atom is 0.256 e. The van der Waals surface area contributed by atoms with Crippen molar-refractivity contribution in [1.29, 1.82) is 0 Å². The molecule has 6 heteroatoms. The van der Waals surface area contributed by atoms with Crippen molar-refractivity contribution in [3.8, 4) is 0 Å². The molecule has 1 amide bonds. The first-order chi connectivity index (χ1) is 9.88. The van der Waals surface area contributed by atoms with Crippen LogP contribution in [0.2, 0.25) is 0 Å². The van der Waals surface area contributed by atoms with Gasteiger partial charge in [-0.2, -0.15) is 0 Å². The summed E-state index contributed by atoms with van der Waals surface area (Å²) in [6.07, 6.45) is 0. The molecule has 0 bridgehead atoms. The van der Waals surface area contributed by atoms with Crippen molar-refractivity contribution < 1.29 is 13.6 Å². The van der Waals surface area contributed by atoms with Crippen LogP contribution < -0.4 is 0 Å². The van der Waals surface area contributed by atoms with Gasteiger partial charge < -0.3 is 4.90 Å². The monoisotopic (exact) mass is 408 g/mol. The predicted molar refractivity (Wildman–Crippen MR) is 86.3 cm³/mol. The minimum absolute atomic E-state index is 0.0434. The molecule has 1 fully saturated rings. The lowest BCUT2D eigenvalue weighted by molar-refractivity contribution is 0.0619. The largest absolute Gasteiger partial charge is 0.336 e. The van der Waals surface area contributed by atoms with Crippen LogP contribution in [0.15, 0.2) is 12.1 Å². The van der Waals surface area contributed by atoms with Crippen LogP contribution in [0.3, 0.4) is 0 Å². The molecule has 116 valence electrons. The van der Waals surface area contributed by atoms with Crippen LogP contribution in [0.1, 0.15) is 24.2 Å². The highest BCUT2D eigenvalue weighted by atomic mass is 127. The van der Waals surface area contributed by atoms with Crippen molar-refractivity contribution in [2.45, 2.75) is 13.8 Å². The smallest absolute Gasteiger partial charge is 0.256 e. The molecule has 0 radical (unpaired) electrons. The van der Waals surface area contributed by atoms with Crippen molar-refractivity contribution >= 4 is 28.5 Å². The number of halogens is 3. The number of benzene rings is 1. The minimum Gasteiger partial charge on any atom is -0.336 e. The van der Waals surface area contributed by atoms with E-state index in [1.807, 2.05) is 0 Å². The molecule has 21 heavy (non-hydrogen) atoms. The zero-order valence-electron chi connectivity index (χ0n) is 12.2. The van der Waals surface area contributed by atoms with E-state index < -0.39 is 11.6 Å². The Morgan fingerprint density at radius 2 is 1.81 bits per heavy atom. The molecule has 0 aliphatic carbocycles. The van der Waals surface area contributed by atoms with Gasteiger partial charge in [-0.25, -0.2) is 8.78 Å². The van der Waals surface area contributed by atoms with Gasteiger partial charge in [-0.05, 0) is 34.6 Å². The van der Waals surface area contributed by atoms with Gasteiger partial charge in [-0.1, -0.05) is 13.8 Å². The normalized spacial score (nSPS) is 16.6. The summed E-state index contributed by atoms with van der Waals surface area (Å²) in [6, 6.07) is 2.07. The Morgan fingerprint density at radius 1 is 1.19 bits per heavy atom. The molecule has 1 aromatic carbocycles. The summed E-state index contributed by atoms with van der Waals surface area (Å²) < 4.78 is 27.3. The van der Waals surface area contributed by atoms with Crippen LogP contribution in [0, 0.1) is 21.1 Å². The summed E-state index contributed by atoms with van der Waals surface area (Å²) >= 11 is 1.77. The predicted octanol–water partition coefficient (Wildman–Crippen LogP) is 2.98. The van der Waals surface area contributed by atoms with Crippen molar-refractivity contribution in [2.75, 3.05) is 32.7 Å². The summed E-state index contributed by atoms with van der Waals surface area (Å²) in [6.45, 7) is 8.08. The third-order valence-corrected chi connectivity index (χ3v) is 4.35. The molecule has 0 spiro atoms. The molecule has 1 aromatic rings. The second kappa shape index (κ2) is 7.00. The van der Waals surface area contributed by atoms with Crippen LogP contribution in [-0.2, 0) is 0 Å². The third-order valence-electron chi connectivity index (χ3n) is 3.52. The lowest BCUT2D eigenvalue weighted by Crippen LogP contribution is -2.49. The van der Waals surface area contributed by atoms with Gasteiger partial charge in [0, 0.05) is 42.4 Å². The van der Waals surface area contributed by atoms with Crippen molar-refractivity contribution in [1.82, 2.24) is 9.80 Å². The van der Waals surface area contributed by atoms with Crippen LogP contribution in [0.25, 0.3) is 0 Å². The molecular formula is C15H19F2IN2O. The van der Waals surface area contributed by atoms with Gasteiger partial charge in [0.05, 0.1) is 5.56 Å². The number of hydrogen-bond acceptors (Lipinski definition) is 2. The van der Waals surface area contributed by atoms with E-state index in [-0.39, 0.29) is 15.0 Å². The first kappa shape index (κ1) is 16.6. The number of carbonyl (C=O) groups is 1. The Hall–Kier alpha value is -0.760. The number of amides is 1. The van der Waals surface area contributed by atoms with E-state index in [0.29, 0.717) is 19.0 Å². The van der Waals surface area contributed by atoms with E-state index in [4.69, 9.17) is 0 Å². The topological polar surface area (TPSA) is 23.6 Å². The average molecular weight is 408 g/mol. The summed E-state index contributed by atoms with van der Waals surface area (Å²) in [7, 11) is 0. The quantitative estimate of drug-likeness (QED) is 0.567. The average Bonchev–Trinajstić information content (AvgIpc) is 2.42. The maximum atomic E-state index is 13.8. The summed E-state index contributed by atoms with van der Waals surface area (Å²) in [4.78, 5) is 16.3. The fraction of sp³-hybridized carbons (Fsp3) is 0.533. The fourth-order valence-corrected chi connectivity index (χ4v) is 2.97. The highest BCUT2D eigenvalue weighted by Gasteiger charge is 2.25. The molecule has 1 saturated heterocycles. The highest BCUT2D eigenvalue weighted by Crippen LogP contribution is 2.19. The zero-order chi connectivity index (χ0) is 15.6. The first-order valence-electron chi connectivity index (χ1n) is 7.04. The molecule has 1 heterocycles. The Morgan fingerprint density at radius 3 is 2.38 bits per heavy atom. The van der Waals surface area contributed by atoms with E-state index >= 15 is 0 Å². The lowest BCUT2D eigenvalue weighted by Gasteiger charge is -2.35. The molecule has 2 rings (SSSR count). The van der Waals surface area contributed by atoms with Gasteiger partial charge in [0.2, 0.25) is 0 Å². The summed E-state index contributed by atoms with van der Waals surface area (Å²) in [5.41, 5.74) is -0.0434. The lowest BCUT2D eigenvalue weighted by atomic mass is 10.1. The molecular weight excluding hydrogens is 389 g/mol. The van der Waals surface area contributed by atoms with Crippen molar-refractivity contribution in [2.24, 2.45) is 5.92 Å². The molecule has 0 aromatic heterocycles. The van der Waals surface area contributed by atoms with Crippen LogP contribution in [0.4, 0.5) is 8.78 Å². The maximum absolute atomic E-state index is 13.8. The fourth-order valence-electron chi connectivity index (χ4n) is 2.51. The molecule has 0 unspecified atom stereocenters. The molecule has 0 N–H and O–H groups in total. The Labute approximate surface area is 137 Å². The van der Waals surface area contributed by atoms with E-state index in [1.165, 1.54) is 6.07 Å². The summed E-state index contributed by atoms with van der Waals surface area (Å²) in [5.74, 6) is -1.19. The van der Waals surface area contributed by atoms with Crippen LogP contribution in [0.5, 0.6) is 0 Å². The number of nitrogens with zero attached hydrogens (tertiary/aromatic N) is 2. The first-order valence-corrected chi connectivity index (χ1v) is 8.12. The van der Waals surface area contributed by atoms with E-state index in [1.54, 1.807) is 27.5 Å². The highest BCUT2D eigenvalue weighted by molar-refractivity contribution is 14.1. The van der Waals surface area contributed by atoms with Gasteiger partial charge in [0.1, 0.15) is 11.6 Å². The number of rotatable bonds is 3. The van der Waals surface area contributed by atoms with Gasteiger partial charge in [-0.15, -0.1) is 0 Å². The second-order valence-electron chi connectivity index (χ2n) is 5.73. The Balaban J connectivity index is 2.04. The van der Waals surface area contributed by atoms with E-state index in [2.05, 4.69) is 18.7 Å². The second-order valence-corrected chi connectivity index (χ2v) is 6.90. The van der Waals surface area contributed by atoms with Gasteiger partial charge in [0.25, 0.3) is 5.91 Å². The molecule has 0 atom stereocenters. The standard InChI is InChI=1S/C15H19F2IN2O/c1-10(2)9-19-3-5-20(6-4-19)15(21)11-7-14(18)13(17)8-12(11)16/h7-8,10H,3-6,9H2,1-2H3. The van der Waals surface area contributed by atoms with Crippen LogP contribution >= 0.6 is 22.6 Å². The van der Waals surface area contributed by atoms with Crippen molar-refractivity contribution in [3.63, 3.8) is 0 Å². The van der Waals surface area contributed by atoms with Gasteiger partial charge in [0.15, 0.2) is 0 Å². The van der Waals surface area contributed by atoms with Crippen LogP contribution in [-0.4, -0.2) is 48.4 Å². The Bertz CT molecular complexity index is 529. The Kier molecular flexibility index (Phi) is 5.54. The minimum atomic E-state index is -0.789. The zero-order valence-corrected chi connectivity index (χ0v) is 14.4. The van der Waals surface area contributed by atoms with Gasteiger partial charge in [-0.3, -0.25) is 9.69 Å². The summed E-state index contributed by atoms with van der Waals surface area (Å²) in [5, 5.41) is 0. The molecule has 1 aliphatic rings. The number of piperazine rings is 1. The van der Waals surface area contributed by atoms with E-state index in [0.717, 1.165) is 25.7 Å². The number of carbonyl (C=O) groups excluding carboxylic acids is 1. The molecule has 1 aliphatic heterocycles. The molecule has 0 saturated carbocycles. The van der Waals surface area contributed by atoms with Gasteiger partial charge >= 0.3 is 0 Å². The molecule has 3 nitrogen and oxygen atoms in total. The van der Waals surface area contributed by atoms with E-state index in [9.17, 15) is 13.6 Å². The SMILES string of the molecule is CC(C)CN1CCN(C(=O)c2cc(I)c(F)cc2F)CC1. The third kappa shape index (κ3) is 4.12. The van der Waals surface area contributed by atoms with Crippen molar-refractivity contribution in [3.05, 3.63) is 32.9 Å².